The lowest BCUT2D eigenvalue weighted by molar-refractivity contribution is 0.414. The van der Waals surface area contributed by atoms with Crippen molar-refractivity contribution in [3.8, 4) is 11.4 Å². The van der Waals surface area contributed by atoms with Crippen molar-refractivity contribution >= 4 is 34.4 Å². The number of methoxy groups -OCH3 is 1. The van der Waals surface area contributed by atoms with Gasteiger partial charge in [-0.05, 0) is 24.3 Å². The Balaban J connectivity index is 2.33. The van der Waals surface area contributed by atoms with E-state index < -0.39 is 0 Å². The number of fused-ring (bicyclic) bond motifs is 1. The molecule has 0 fully saturated rings. The predicted molar refractivity (Wildman–Crippen MR) is 80.0 cm³/mol. The first-order valence-corrected chi connectivity index (χ1v) is 6.88. The van der Waals surface area contributed by atoms with Gasteiger partial charge in [-0.1, -0.05) is 11.6 Å². The van der Waals surface area contributed by atoms with Crippen molar-refractivity contribution < 1.29 is 4.74 Å². The van der Waals surface area contributed by atoms with Crippen LogP contribution in [-0.2, 0) is 5.88 Å². The van der Waals surface area contributed by atoms with E-state index in [1.165, 1.54) is 0 Å². The van der Waals surface area contributed by atoms with Gasteiger partial charge in [-0.15, -0.1) is 11.6 Å². The van der Waals surface area contributed by atoms with E-state index in [1.54, 1.807) is 25.4 Å². The lowest BCUT2D eigenvalue weighted by Crippen LogP contribution is -2.01. The van der Waals surface area contributed by atoms with Crippen LogP contribution in [0, 0.1) is 0 Å². The zero-order valence-electron chi connectivity index (χ0n) is 10.7. The number of alkyl halides is 1. The molecule has 0 saturated heterocycles. The Hall–Kier alpha value is -1.78. The van der Waals surface area contributed by atoms with E-state index in [4.69, 9.17) is 27.9 Å². The third-order valence-electron chi connectivity index (χ3n) is 3.00. The first kappa shape index (κ1) is 13.2. The number of hydrogen-bond donors (Lipinski definition) is 0. The first-order valence-electron chi connectivity index (χ1n) is 5.97. The molecule has 0 aliphatic heterocycles. The molecule has 4 nitrogen and oxygen atoms in total. The molecule has 1 aromatic carbocycles. The van der Waals surface area contributed by atoms with E-state index in [2.05, 4.69) is 9.97 Å². The van der Waals surface area contributed by atoms with E-state index in [9.17, 15) is 0 Å². The van der Waals surface area contributed by atoms with Crippen molar-refractivity contribution in [3.63, 3.8) is 0 Å². The standard InChI is InChI=1S/C14H11Cl2N3O/c1-20-9-4-5-10(16)12(7-9)19-13(8-15)18-11-3-2-6-17-14(11)19/h2-7H,8H2,1H3. The van der Waals surface area contributed by atoms with Crippen molar-refractivity contribution in [1.29, 1.82) is 0 Å². The number of halogens is 2. The predicted octanol–water partition coefficient (Wildman–Crippen LogP) is 3.82. The maximum atomic E-state index is 6.30. The summed E-state index contributed by atoms with van der Waals surface area (Å²) in [5.74, 6) is 1.67. The van der Waals surface area contributed by atoms with Crippen LogP contribution in [0.25, 0.3) is 16.9 Å². The normalized spacial score (nSPS) is 10.9. The average molecular weight is 308 g/mol. The number of benzene rings is 1. The molecule has 20 heavy (non-hydrogen) atoms. The van der Waals surface area contributed by atoms with Crippen LogP contribution >= 0.6 is 23.2 Å². The second-order valence-corrected chi connectivity index (χ2v) is 4.84. The average Bonchev–Trinajstić information content (AvgIpc) is 2.86. The minimum absolute atomic E-state index is 0.268. The number of hydrogen-bond acceptors (Lipinski definition) is 3. The van der Waals surface area contributed by atoms with Gasteiger partial charge in [0.2, 0.25) is 0 Å². The van der Waals surface area contributed by atoms with Gasteiger partial charge in [-0.3, -0.25) is 4.57 Å². The molecule has 0 atom stereocenters. The molecular weight excluding hydrogens is 297 g/mol. The minimum Gasteiger partial charge on any atom is -0.497 e. The van der Waals surface area contributed by atoms with E-state index >= 15 is 0 Å². The summed E-state index contributed by atoms with van der Waals surface area (Å²) in [7, 11) is 1.61. The van der Waals surface area contributed by atoms with Crippen molar-refractivity contribution in [3.05, 3.63) is 47.4 Å². The van der Waals surface area contributed by atoms with Crippen molar-refractivity contribution in [1.82, 2.24) is 14.5 Å². The van der Waals surface area contributed by atoms with Gasteiger partial charge in [-0.25, -0.2) is 9.97 Å². The summed E-state index contributed by atoms with van der Waals surface area (Å²) in [5, 5.41) is 0.585. The van der Waals surface area contributed by atoms with Gasteiger partial charge in [0, 0.05) is 12.3 Å². The van der Waals surface area contributed by atoms with Gasteiger partial charge >= 0.3 is 0 Å². The number of nitrogens with zero attached hydrogens (tertiary/aromatic N) is 3. The molecule has 0 unspecified atom stereocenters. The molecular formula is C14H11Cl2N3O. The molecule has 0 N–H and O–H groups in total. The maximum Gasteiger partial charge on any atom is 0.164 e. The van der Waals surface area contributed by atoms with Crippen LogP contribution in [0.1, 0.15) is 5.82 Å². The van der Waals surface area contributed by atoms with Gasteiger partial charge in [0.1, 0.15) is 17.1 Å². The van der Waals surface area contributed by atoms with Crippen LogP contribution in [0.15, 0.2) is 36.5 Å². The Labute approximate surface area is 125 Å². The first-order chi connectivity index (χ1) is 9.74. The molecule has 0 saturated carbocycles. The molecule has 3 aromatic rings. The Morgan fingerprint density at radius 2 is 2.15 bits per heavy atom. The number of aromatic nitrogens is 3. The molecule has 2 aromatic heterocycles. The Morgan fingerprint density at radius 3 is 2.90 bits per heavy atom. The van der Waals surface area contributed by atoms with E-state index in [0.29, 0.717) is 16.6 Å². The Morgan fingerprint density at radius 1 is 1.30 bits per heavy atom. The summed E-state index contributed by atoms with van der Waals surface area (Å²) in [4.78, 5) is 8.84. The highest BCUT2D eigenvalue weighted by Crippen LogP contribution is 2.29. The Kier molecular flexibility index (Phi) is 3.51. The largest absolute Gasteiger partial charge is 0.497 e. The van der Waals surface area contributed by atoms with Gasteiger partial charge in [0.15, 0.2) is 5.65 Å². The lowest BCUT2D eigenvalue weighted by atomic mass is 10.3. The molecule has 0 aliphatic carbocycles. The highest BCUT2D eigenvalue weighted by molar-refractivity contribution is 6.32. The summed E-state index contributed by atoms with van der Waals surface area (Å²) in [5.41, 5.74) is 2.25. The molecule has 3 rings (SSSR count). The van der Waals surface area contributed by atoms with Gasteiger partial charge < -0.3 is 4.74 Å². The molecule has 2 heterocycles. The molecule has 0 aliphatic rings. The van der Waals surface area contributed by atoms with Gasteiger partial charge in [-0.2, -0.15) is 0 Å². The van der Waals surface area contributed by atoms with Crippen LogP contribution in [0.5, 0.6) is 5.75 Å². The zero-order chi connectivity index (χ0) is 14.1. The smallest absolute Gasteiger partial charge is 0.164 e. The molecule has 6 heteroatoms. The monoisotopic (exact) mass is 307 g/mol. The topological polar surface area (TPSA) is 39.9 Å². The van der Waals surface area contributed by atoms with Crippen LogP contribution in [-0.4, -0.2) is 21.6 Å². The number of rotatable bonds is 3. The molecule has 102 valence electrons. The summed E-state index contributed by atoms with van der Waals surface area (Å²) in [6, 6.07) is 9.16. The summed E-state index contributed by atoms with van der Waals surface area (Å²) in [6.07, 6.45) is 1.71. The van der Waals surface area contributed by atoms with E-state index in [-0.39, 0.29) is 5.88 Å². The number of imidazole rings is 1. The fraction of sp³-hybridized carbons (Fsp3) is 0.143. The summed E-state index contributed by atoms with van der Waals surface area (Å²) >= 11 is 12.3. The van der Waals surface area contributed by atoms with Crippen LogP contribution < -0.4 is 4.74 Å². The number of ether oxygens (including phenoxy) is 1. The van der Waals surface area contributed by atoms with Gasteiger partial charge in [0.05, 0.1) is 23.7 Å². The molecule has 0 bridgehead atoms. The summed E-state index contributed by atoms with van der Waals surface area (Å²) < 4.78 is 7.10. The van der Waals surface area contributed by atoms with E-state index in [1.807, 2.05) is 22.8 Å². The van der Waals surface area contributed by atoms with E-state index in [0.717, 1.165) is 16.9 Å². The third kappa shape index (κ3) is 2.11. The lowest BCUT2D eigenvalue weighted by Gasteiger charge is -2.10. The second kappa shape index (κ2) is 5.31. The van der Waals surface area contributed by atoms with Crippen molar-refractivity contribution in [2.75, 3.05) is 7.11 Å². The highest BCUT2D eigenvalue weighted by atomic mass is 35.5. The fourth-order valence-electron chi connectivity index (χ4n) is 2.09. The minimum atomic E-state index is 0.268. The molecule has 0 radical (unpaired) electrons. The fourth-order valence-corrected chi connectivity index (χ4v) is 2.47. The van der Waals surface area contributed by atoms with Crippen molar-refractivity contribution in [2.24, 2.45) is 0 Å². The Bertz CT molecular complexity index is 770. The zero-order valence-corrected chi connectivity index (χ0v) is 12.2. The highest BCUT2D eigenvalue weighted by Gasteiger charge is 2.15. The van der Waals surface area contributed by atoms with Crippen LogP contribution in [0.2, 0.25) is 5.02 Å². The number of pyridine rings is 1. The SMILES string of the molecule is COc1ccc(Cl)c(-n2c(CCl)nc3cccnc32)c1. The quantitative estimate of drug-likeness (QED) is 0.691. The molecule has 0 spiro atoms. The molecule has 0 amide bonds. The maximum absolute atomic E-state index is 6.30. The van der Waals surface area contributed by atoms with Gasteiger partial charge in [0.25, 0.3) is 0 Å². The summed E-state index contributed by atoms with van der Waals surface area (Å²) in [6.45, 7) is 0. The third-order valence-corrected chi connectivity index (χ3v) is 3.56. The van der Waals surface area contributed by atoms with Crippen LogP contribution in [0.3, 0.4) is 0 Å². The van der Waals surface area contributed by atoms with Crippen molar-refractivity contribution in [2.45, 2.75) is 5.88 Å². The second-order valence-electron chi connectivity index (χ2n) is 4.16. The van der Waals surface area contributed by atoms with Crippen LogP contribution in [0.4, 0.5) is 0 Å².